The van der Waals surface area contributed by atoms with Crippen LogP contribution in [0.2, 0.25) is 10.2 Å². The van der Waals surface area contributed by atoms with Gasteiger partial charge in [0, 0.05) is 5.69 Å². The average molecular weight is 176 g/mol. The molecule has 0 unspecified atom stereocenters. The van der Waals surface area contributed by atoms with E-state index in [-0.39, 0.29) is 0 Å². The van der Waals surface area contributed by atoms with Gasteiger partial charge in [0.2, 0.25) is 0 Å². The minimum absolute atomic E-state index is 0.388. The largest absolute Gasteiger partial charge is 0.240 e. The molecule has 54 valence electrons. The maximum atomic E-state index is 5.76. The van der Waals surface area contributed by atoms with Crippen molar-refractivity contribution in [1.29, 1.82) is 0 Å². The molecule has 0 saturated heterocycles. The maximum Gasteiger partial charge on any atom is 0.148 e. The quantitative estimate of drug-likeness (QED) is 0.553. The first-order valence-electron chi connectivity index (χ1n) is 2.90. The Morgan fingerprint density at radius 3 is 2.40 bits per heavy atom. The third-order valence-electron chi connectivity index (χ3n) is 1.23. The second kappa shape index (κ2) is 2.77. The van der Waals surface area contributed by atoms with Crippen LogP contribution in [0.3, 0.4) is 0 Å². The zero-order valence-corrected chi connectivity index (χ0v) is 7.29. The lowest BCUT2D eigenvalue weighted by Gasteiger charge is -1.99. The van der Waals surface area contributed by atoms with Crippen molar-refractivity contribution in [2.45, 2.75) is 13.8 Å². The molecular formula is C7H7Cl2N. The summed E-state index contributed by atoms with van der Waals surface area (Å²) in [6.07, 6.45) is 0. The van der Waals surface area contributed by atoms with E-state index in [2.05, 4.69) is 4.98 Å². The minimum atomic E-state index is 0.388. The molecule has 1 nitrogen and oxygen atoms in total. The summed E-state index contributed by atoms with van der Waals surface area (Å²) < 4.78 is 0. The molecule has 1 aromatic heterocycles. The van der Waals surface area contributed by atoms with E-state index >= 15 is 0 Å². The number of rotatable bonds is 0. The number of aromatic nitrogens is 1. The van der Waals surface area contributed by atoms with Gasteiger partial charge in [-0.2, -0.15) is 0 Å². The van der Waals surface area contributed by atoms with E-state index in [1.165, 1.54) is 0 Å². The van der Waals surface area contributed by atoms with Crippen molar-refractivity contribution in [3.63, 3.8) is 0 Å². The molecule has 1 heterocycles. The van der Waals surface area contributed by atoms with Gasteiger partial charge < -0.3 is 0 Å². The van der Waals surface area contributed by atoms with Gasteiger partial charge in [-0.25, -0.2) is 4.98 Å². The molecule has 0 atom stereocenters. The van der Waals surface area contributed by atoms with Crippen molar-refractivity contribution in [2.24, 2.45) is 0 Å². The number of halogens is 2. The molecule has 10 heavy (non-hydrogen) atoms. The van der Waals surface area contributed by atoms with E-state index in [9.17, 15) is 0 Å². The van der Waals surface area contributed by atoms with Crippen LogP contribution in [0, 0.1) is 13.8 Å². The minimum Gasteiger partial charge on any atom is -0.240 e. The molecule has 0 amide bonds. The Morgan fingerprint density at radius 1 is 1.30 bits per heavy atom. The Morgan fingerprint density at radius 2 is 1.90 bits per heavy atom. The highest BCUT2D eigenvalue weighted by atomic mass is 35.5. The summed E-state index contributed by atoms with van der Waals surface area (Å²) in [4.78, 5) is 3.97. The summed E-state index contributed by atoms with van der Waals surface area (Å²) in [5.74, 6) is 0. The Bertz CT molecular complexity index is 235. The highest BCUT2D eigenvalue weighted by Crippen LogP contribution is 2.23. The Balaban J connectivity index is 3.31. The SMILES string of the molecule is Cc1cc(C)c(Cl)c(Cl)n1. The molecule has 0 fully saturated rings. The van der Waals surface area contributed by atoms with Gasteiger partial charge in [-0.1, -0.05) is 23.2 Å². The van der Waals surface area contributed by atoms with Gasteiger partial charge in [0.25, 0.3) is 0 Å². The van der Waals surface area contributed by atoms with Gasteiger partial charge >= 0.3 is 0 Å². The number of hydrogen-bond acceptors (Lipinski definition) is 1. The van der Waals surface area contributed by atoms with Crippen molar-refractivity contribution in [3.8, 4) is 0 Å². The summed E-state index contributed by atoms with van der Waals surface area (Å²) in [7, 11) is 0. The second-order valence-corrected chi connectivity index (χ2v) is 2.92. The monoisotopic (exact) mass is 175 g/mol. The average Bonchev–Trinajstić information content (AvgIpc) is 1.82. The van der Waals surface area contributed by atoms with Gasteiger partial charge in [0.05, 0.1) is 5.02 Å². The van der Waals surface area contributed by atoms with Gasteiger partial charge in [-0.15, -0.1) is 0 Å². The molecule has 3 heteroatoms. The Hall–Kier alpha value is -0.270. The molecule has 0 saturated carbocycles. The fourth-order valence-electron chi connectivity index (χ4n) is 0.776. The summed E-state index contributed by atoms with van der Waals surface area (Å²) in [6, 6.07) is 1.90. The zero-order chi connectivity index (χ0) is 7.72. The smallest absolute Gasteiger partial charge is 0.148 e. The van der Waals surface area contributed by atoms with Gasteiger partial charge in [-0.3, -0.25) is 0 Å². The summed E-state index contributed by atoms with van der Waals surface area (Å²) in [5.41, 5.74) is 1.87. The highest BCUT2D eigenvalue weighted by Gasteiger charge is 2.01. The van der Waals surface area contributed by atoms with E-state index in [0.717, 1.165) is 11.3 Å². The van der Waals surface area contributed by atoms with Crippen LogP contribution in [-0.4, -0.2) is 4.98 Å². The molecule has 1 aromatic rings. The molecule has 0 bridgehead atoms. The summed E-state index contributed by atoms with van der Waals surface area (Å²) in [6.45, 7) is 3.79. The first-order chi connectivity index (χ1) is 4.61. The third-order valence-corrected chi connectivity index (χ3v) is 2.07. The standard InChI is InChI=1S/C7H7Cl2N/c1-4-3-5(2)10-7(9)6(4)8/h3H,1-2H3. The molecule has 0 spiro atoms. The van der Waals surface area contributed by atoms with Crippen molar-refractivity contribution in [2.75, 3.05) is 0 Å². The Kier molecular flexibility index (Phi) is 2.17. The fraction of sp³-hybridized carbons (Fsp3) is 0.286. The van der Waals surface area contributed by atoms with Crippen LogP contribution in [0.15, 0.2) is 6.07 Å². The number of pyridine rings is 1. The van der Waals surface area contributed by atoms with E-state index in [4.69, 9.17) is 23.2 Å². The van der Waals surface area contributed by atoms with Crippen LogP contribution in [0.1, 0.15) is 11.3 Å². The lowest BCUT2D eigenvalue weighted by atomic mass is 10.2. The van der Waals surface area contributed by atoms with E-state index in [1.807, 2.05) is 19.9 Å². The van der Waals surface area contributed by atoms with Crippen LogP contribution in [0.5, 0.6) is 0 Å². The lowest BCUT2D eigenvalue weighted by Crippen LogP contribution is -1.85. The summed E-state index contributed by atoms with van der Waals surface area (Å²) >= 11 is 11.4. The molecule has 0 aromatic carbocycles. The second-order valence-electron chi connectivity index (χ2n) is 2.19. The first kappa shape index (κ1) is 7.83. The fourth-order valence-corrected chi connectivity index (χ4v) is 1.15. The predicted octanol–water partition coefficient (Wildman–Crippen LogP) is 3.01. The molecule has 1 rings (SSSR count). The maximum absolute atomic E-state index is 5.76. The number of nitrogens with zero attached hydrogens (tertiary/aromatic N) is 1. The van der Waals surface area contributed by atoms with Crippen molar-refractivity contribution in [3.05, 3.63) is 27.5 Å². The molecule has 0 radical (unpaired) electrons. The zero-order valence-electron chi connectivity index (χ0n) is 5.78. The lowest BCUT2D eigenvalue weighted by molar-refractivity contribution is 1.18. The van der Waals surface area contributed by atoms with E-state index in [1.54, 1.807) is 0 Å². The van der Waals surface area contributed by atoms with Crippen molar-refractivity contribution < 1.29 is 0 Å². The van der Waals surface area contributed by atoms with Crippen LogP contribution in [-0.2, 0) is 0 Å². The molecule has 0 N–H and O–H groups in total. The molecule has 0 aliphatic carbocycles. The van der Waals surface area contributed by atoms with E-state index in [0.29, 0.717) is 10.2 Å². The van der Waals surface area contributed by atoms with Crippen LogP contribution >= 0.6 is 23.2 Å². The first-order valence-corrected chi connectivity index (χ1v) is 3.66. The van der Waals surface area contributed by atoms with Crippen LogP contribution < -0.4 is 0 Å². The predicted molar refractivity (Wildman–Crippen MR) is 43.7 cm³/mol. The Labute approximate surface area is 70.0 Å². The number of aryl methyl sites for hydroxylation is 2. The topological polar surface area (TPSA) is 12.9 Å². The van der Waals surface area contributed by atoms with Gasteiger partial charge in [0.15, 0.2) is 0 Å². The summed E-state index contributed by atoms with van der Waals surface area (Å²) in [5, 5.41) is 0.937. The molecule has 0 aliphatic rings. The van der Waals surface area contributed by atoms with Gasteiger partial charge in [0.1, 0.15) is 5.15 Å². The van der Waals surface area contributed by atoms with E-state index < -0.39 is 0 Å². The molecule has 0 aliphatic heterocycles. The number of hydrogen-bond donors (Lipinski definition) is 0. The third kappa shape index (κ3) is 1.41. The van der Waals surface area contributed by atoms with Gasteiger partial charge in [-0.05, 0) is 25.5 Å². The highest BCUT2D eigenvalue weighted by molar-refractivity contribution is 6.41. The normalized spacial score (nSPS) is 10.0. The van der Waals surface area contributed by atoms with Crippen LogP contribution in [0.4, 0.5) is 0 Å². The van der Waals surface area contributed by atoms with Crippen molar-refractivity contribution in [1.82, 2.24) is 4.98 Å². The van der Waals surface area contributed by atoms with Crippen molar-refractivity contribution >= 4 is 23.2 Å². The molecular weight excluding hydrogens is 169 g/mol. The van der Waals surface area contributed by atoms with Crippen LogP contribution in [0.25, 0.3) is 0 Å².